The summed E-state index contributed by atoms with van der Waals surface area (Å²) in [4.78, 5) is 14.3. The van der Waals surface area contributed by atoms with E-state index in [4.69, 9.17) is 14.2 Å². The van der Waals surface area contributed by atoms with Gasteiger partial charge in [-0.1, -0.05) is 6.07 Å². The predicted octanol–water partition coefficient (Wildman–Crippen LogP) is 2.94. The third kappa shape index (κ3) is 3.96. The minimum atomic E-state index is -0.441. The topological polar surface area (TPSA) is 48.0 Å². The molecule has 5 nitrogen and oxygen atoms in total. The largest absolute Gasteiger partial charge is 0.486 e. The van der Waals surface area contributed by atoms with Crippen LogP contribution in [0, 0.1) is 0 Å². The van der Waals surface area contributed by atoms with Crippen molar-refractivity contribution in [1.82, 2.24) is 4.90 Å². The number of benzene rings is 1. The van der Waals surface area contributed by atoms with Crippen molar-refractivity contribution in [2.24, 2.45) is 0 Å². The van der Waals surface area contributed by atoms with E-state index < -0.39 is 5.60 Å². The van der Waals surface area contributed by atoms with Crippen molar-refractivity contribution in [2.75, 3.05) is 26.3 Å². The second-order valence-electron chi connectivity index (χ2n) is 7.12. The number of likely N-dealkylation sites (tertiary alicyclic amines) is 1. The van der Waals surface area contributed by atoms with Crippen LogP contribution in [-0.4, -0.2) is 42.8 Å². The van der Waals surface area contributed by atoms with Crippen LogP contribution < -0.4 is 9.47 Å². The van der Waals surface area contributed by atoms with Gasteiger partial charge in [0.2, 0.25) is 0 Å². The van der Waals surface area contributed by atoms with Gasteiger partial charge in [0.15, 0.2) is 11.5 Å². The number of ether oxygens (including phenoxy) is 3. The molecule has 2 aliphatic heterocycles. The average molecular weight is 319 g/mol. The van der Waals surface area contributed by atoms with E-state index in [0.29, 0.717) is 19.8 Å². The first kappa shape index (κ1) is 16.1. The van der Waals surface area contributed by atoms with Gasteiger partial charge >= 0.3 is 5.97 Å². The highest BCUT2D eigenvalue weighted by atomic mass is 16.6. The van der Waals surface area contributed by atoms with E-state index >= 15 is 0 Å². The summed E-state index contributed by atoms with van der Waals surface area (Å²) >= 11 is 0. The fraction of sp³-hybridized carbons (Fsp3) is 0.611. The minimum Gasteiger partial charge on any atom is -0.486 e. The molecule has 0 N–H and O–H groups in total. The first-order valence-electron chi connectivity index (χ1n) is 8.28. The third-order valence-corrected chi connectivity index (χ3v) is 4.07. The van der Waals surface area contributed by atoms with Crippen LogP contribution in [0.1, 0.15) is 45.2 Å². The molecule has 0 aromatic heterocycles. The molecule has 0 saturated carbocycles. The number of carbonyl (C=O) groups excluding carboxylic acids is 1. The first-order valence-corrected chi connectivity index (χ1v) is 8.28. The van der Waals surface area contributed by atoms with Crippen molar-refractivity contribution in [1.29, 1.82) is 0 Å². The van der Waals surface area contributed by atoms with Gasteiger partial charge in [0, 0.05) is 6.04 Å². The van der Waals surface area contributed by atoms with E-state index in [1.54, 1.807) is 0 Å². The Hall–Kier alpha value is -1.75. The molecule has 23 heavy (non-hydrogen) atoms. The van der Waals surface area contributed by atoms with Gasteiger partial charge in [-0.3, -0.25) is 9.69 Å². The standard InChI is InChI=1S/C18H25NO4/c1-18(2,3)23-17(20)12-19-8-4-5-14(19)13-6-7-15-16(11-13)22-10-9-21-15/h6-7,11,14H,4-5,8-10,12H2,1-3H3. The molecule has 3 rings (SSSR count). The van der Waals surface area contributed by atoms with Crippen molar-refractivity contribution in [2.45, 2.75) is 45.3 Å². The first-order chi connectivity index (χ1) is 10.9. The Bertz CT molecular complexity index is 579. The van der Waals surface area contributed by atoms with Crippen molar-refractivity contribution in [3.05, 3.63) is 23.8 Å². The average Bonchev–Trinajstić information content (AvgIpc) is 2.92. The summed E-state index contributed by atoms with van der Waals surface area (Å²) in [5.74, 6) is 1.44. The van der Waals surface area contributed by atoms with E-state index in [-0.39, 0.29) is 12.0 Å². The van der Waals surface area contributed by atoms with Crippen LogP contribution in [0.2, 0.25) is 0 Å². The molecule has 1 unspecified atom stereocenters. The molecule has 1 fully saturated rings. The molecule has 1 aromatic rings. The molecule has 0 radical (unpaired) electrons. The van der Waals surface area contributed by atoms with Crippen LogP contribution >= 0.6 is 0 Å². The van der Waals surface area contributed by atoms with Crippen LogP contribution in [0.25, 0.3) is 0 Å². The zero-order valence-electron chi connectivity index (χ0n) is 14.1. The lowest BCUT2D eigenvalue weighted by molar-refractivity contribution is -0.156. The Kier molecular flexibility index (Phi) is 4.48. The van der Waals surface area contributed by atoms with Gasteiger partial charge in [0.1, 0.15) is 18.8 Å². The maximum absolute atomic E-state index is 12.1. The molecule has 1 atom stereocenters. The monoisotopic (exact) mass is 319 g/mol. The Morgan fingerprint density at radius 3 is 2.74 bits per heavy atom. The molecule has 0 aliphatic carbocycles. The van der Waals surface area contributed by atoms with Crippen LogP contribution in [0.15, 0.2) is 18.2 Å². The van der Waals surface area contributed by atoms with Crippen molar-refractivity contribution in [3.8, 4) is 11.5 Å². The fourth-order valence-electron chi connectivity index (χ4n) is 3.20. The summed E-state index contributed by atoms with van der Waals surface area (Å²) in [5, 5.41) is 0. The fourth-order valence-corrected chi connectivity index (χ4v) is 3.20. The number of hydrogen-bond donors (Lipinski definition) is 0. The minimum absolute atomic E-state index is 0.165. The second-order valence-corrected chi connectivity index (χ2v) is 7.12. The summed E-state index contributed by atoms with van der Waals surface area (Å²) in [6.07, 6.45) is 2.13. The van der Waals surface area contributed by atoms with Gasteiger partial charge in [-0.25, -0.2) is 0 Å². The van der Waals surface area contributed by atoms with Gasteiger partial charge in [-0.05, 0) is 57.9 Å². The van der Waals surface area contributed by atoms with Crippen molar-refractivity contribution < 1.29 is 19.0 Å². The lowest BCUT2D eigenvalue weighted by Crippen LogP contribution is -2.34. The van der Waals surface area contributed by atoms with Crippen molar-refractivity contribution in [3.63, 3.8) is 0 Å². The summed E-state index contributed by atoms with van der Waals surface area (Å²) in [7, 11) is 0. The SMILES string of the molecule is CC(C)(C)OC(=O)CN1CCCC1c1ccc2c(c1)OCCO2. The molecule has 2 aliphatic rings. The van der Waals surface area contributed by atoms with Crippen molar-refractivity contribution >= 4 is 5.97 Å². The summed E-state index contributed by atoms with van der Waals surface area (Å²) in [5.41, 5.74) is 0.735. The number of hydrogen-bond acceptors (Lipinski definition) is 5. The van der Waals surface area contributed by atoms with Gasteiger partial charge < -0.3 is 14.2 Å². The Balaban J connectivity index is 1.70. The third-order valence-electron chi connectivity index (χ3n) is 4.07. The maximum Gasteiger partial charge on any atom is 0.320 e. The molecule has 0 amide bonds. The number of esters is 1. The molecule has 0 bridgehead atoms. The highest BCUT2D eigenvalue weighted by Gasteiger charge is 2.30. The summed E-state index contributed by atoms with van der Waals surface area (Å²) < 4.78 is 16.7. The van der Waals surface area contributed by atoms with Crippen LogP contribution in [0.3, 0.4) is 0 Å². The quantitative estimate of drug-likeness (QED) is 0.802. The van der Waals surface area contributed by atoms with Gasteiger partial charge in [-0.15, -0.1) is 0 Å². The van der Waals surface area contributed by atoms with Crippen LogP contribution in [0.4, 0.5) is 0 Å². The van der Waals surface area contributed by atoms with E-state index in [1.807, 2.05) is 32.9 Å². The molecule has 5 heteroatoms. The zero-order chi connectivity index (χ0) is 16.4. The van der Waals surface area contributed by atoms with E-state index in [2.05, 4.69) is 11.0 Å². The Labute approximate surface area is 137 Å². The number of nitrogens with zero attached hydrogens (tertiary/aromatic N) is 1. The Morgan fingerprint density at radius 1 is 1.26 bits per heavy atom. The van der Waals surface area contributed by atoms with Crippen LogP contribution in [-0.2, 0) is 9.53 Å². The highest BCUT2D eigenvalue weighted by molar-refractivity contribution is 5.72. The van der Waals surface area contributed by atoms with Gasteiger partial charge in [-0.2, -0.15) is 0 Å². The van der Waals surface area contributed by atoms with E-state index in [0.717, 1.165) is 30.9 Å². The van der Waals surface area contributed by atoms with Gasteiger partial charge in [0.05, 0.1) is 6.54 Å². The van der Waals surface area contributed by atoms with Gasteiger partial charge in [0.25, 0.3) is 0 Å². The maximum atomic E-state index is 12.1. The Morgan fingerprint density at radius 2 is 2.00 bits per heavy atom. The lowest BCUT2D eigenvalue weighted by Gasteiger charge is -2.27. The molecule has 2 heterocycles. The van der Waals surface area contributed by atoms with E-state index in [1.165, 1.54) is 5.56 Å². The number of rotatable bonds is 3. The number of fused-ring (bicyclic) bond motifs is 1. The zero-order valence-corrected chi connectivity index (χ0v) is 14.1. The molecule has 0 spiro atoms. The van der Waals surface area contributed by atoms with E-state index in [9.17, 15) is 4.79 Å². The molecule has 1 aromatic carbocycles. The molecule has 1 saturated heterocycles. The number of carbonyl (C=O) groups is 1. The molecular formula is C18H25NO4. The molecular weight excluding hydrogens is 294 g/mol. The smallest absolute Gasteiger partial charge is 0.320 e. The summed E-state index contributed by atoms with van der Waals surface area (Å²) in [6, 6.07) is 6.32. The highest BCUT2D eigenvalue weighted by Crippen LogP contribution is 2.37. The normalized spacial score (nSPS) is 21.3. The predicted molar refractivity (Wildman–Crippen MR) is 86.8 cm³/mol. The second kappa shape index (κ2) is 6.40. The molecule has 126 valence electrons. The van der Waals surface area contributed by atoms with Crippen LogP contribution in [0.5, 0.6) is 11.5 Å². The lowest BCUT2D eigenvalue weighted by atomic mass is 10.0. The summed E-state index contributed by atoms with van der Waals surface area (Å²) in [6.45, 7) is 8.12.